The highest BCUT2D eigenvalue weighted by Crippen LogP contribution is 2.15. The van der Waals surface area contributed by atoms with Gasteiger partial charge in [-0.2, -0.15) is 0 Å². The van der Waals surface area contributed by atoms with Crippen molar-refractivity contribution in [1.29, 1.82) is 0 Å². The van der Waals surface area contributed by atoms with E-state index in [9.17, 15) is 4.79 Å². The van der Waals surface area contributed by atoms with E-state index in [4.69, 9.17) is 4.74 Å². The molecule has 0 spiro atoms. The number of benzene rings is 1. The summed E-state index contributed by atoms with van der Waals surface area (Å²) in [5, 5.41) is 0. The number of thioether (sulfide) groups is 1. The number of rotatable bonds is 5. The molecule has 88 valence electrons. The second-order valence-electron chi connectivity index (χ2n) is 3.45. The van der Waals surface area contributed by atoms with Crippen LogP contribution in [0.3, 0.4) is 0 Å². The van der Waals surface area contributed by atoms with E-state index in [1.54, 1.807) is 30.8 Å². The fraction of sp³-hybridized carbons (Fsp3) is 0.417. The van der Waals surface area contributed by atoms with Crippen molar-refractivity contribution in [1.82, 2.24) is 4.90 Å². The number of likely N-dealkylation sites (N-methyl/N-ethyl adjacent to an activating group) is 1. The van der Waals surface area contributed by atoms with Crippen LogP contribution in [0.5, 0.6) is 0 Å². The van der Waals surface area contributed by atoms with E-state index >= 15 is 0 Å². The molecule has 1 aromatic rings. The standard InChI is InChI=1S/C12H17NO2S/c1-13(8-9-15-2)12(14)10-4-6-11(16-3)7-5-10/h4-7H,8-9H2,1-3H3. The van der Waals surface area contributed by atoms with Gasteiger partial charge in [-0.1, -0.05) is 0 Å². The molecule has 0 fully saturated rings. The number of amides is 1. The lowest BCUT2D eigenvalue weighted by Crippen LogP contribution is -2.29. The third-order valence-corrected chi connectivity index (χ3v) is 3.06. The van der Waals surface area contributed by atoms with E-state index in [0.29, 0.717) is 13.2 Å². The highest BCUT2D eigenvalue weighted by atomic mass is 32.2. The Hall–Kier alpha value is -1.00. The van der Waals surface area contributed by atoms with E-state index in [2.05, 4.69) is 0 Å². The van der Waals surface area contributed by atoms with Crippen molar-refractivity contribution < 1.29 is 9.53 Å². The largest absolute Gasteiger partial charge is 0.383 e. The van der Waals surface area contributed by atoms with Crippen LogP contribution in [0.1, 0.15) is 10.4 Å². The normalized spacial score (nSPS) is 10.2. The molecular weight excluding hydrogens is 222 g/mol. The van der Waals surface area contributed by atoms with Crippen molar-refractivity contribution in [2.24, 2.45) is 0 Å². The first-order valence-electron chi connectivity index (χ1n) is 5.07. The summed E-state index contributed by atoms with van der Waals surface area (Å²) in [5.74, 6) is 0.0321. The first kappa shape index (κ1) is 13.1. The van der Waals surface area contributed by atoms with Crippen molar-refractivity contribution in [3.05, 3.63) is 29.8 Å². The van der Waals surface area contributed by atoms with Crippen LogP contribution in [0.4, 0.5) is 0 Å². The van der Waals surface area contributed by atoms with Crippen LogP contribution in [-0.4, -0.2) is 44.4 Å². The summed E-state index contributed by atoms with van der Waals surface area (Å²) < 4.78 is 4.94. The van der Waals surface area contributed by atoms with Gasteiger partial charge in [0.25, 0.3) is 5.91 Å². The lowest BCUT2D eigenvalue weighted by molar-refractivity contribution is 0.0744. The molecule has 0 saturated heterocycles. The van der Waals surface area contributed by atoms with Gasteiger partial charge < -0.3 is 9.64 Å². The van der Waals surface area contributed by atoms with Crippen molar-refractivity contribution in [3.63, 3.8) is 0 Å². The molecule has 0 unspecified atom stereocenters. The Labute approximate surface area is 101 Å². The number of methoxy groups -OCH3 is 1. The second kappa shape index (κ2) is 6.55. The highest BCUT2D eigenvalue weighted by Gasteiger charge is 2.10. The lowest BCUT2D eigenvalue weighted by atomic mass is 10.2. The smallest absolute Gasteiger partial charge is 0.253 e. The Morgan fingerprint density at radius 1 is 1.38 bits per heavy atom. The predicted molar refractivity (Wildman–Crippen MR) is 67.1 cm³/mol. The van der Waals surface area contributed by atoms with Crippen LogP contribution in [0, 0.1) is 0 Å². The average molecular weight is 239 g/mol. The first-order chi connectivity index (χ1) is 7.69. The fourth-order valence-corrected chi connectivity index (χ4v) is 1.69. The SMILES string of the molecule is COCCN(C)C(=O)c1ccc(SC)cc1. The number of carbonyl (C=O) groups excluding carboxylic acids is 1. The zero-order valence-corrected chi connectivity index (χ0v) is 10.7. The highest BCUT2D eigenvalue weighted by molar-refractivity contribution is 7.98. The molecule has 0 aliphatic rings. The lowest BCUT2D eigenvalue weighted by Gasteiger charge is -2.16. The monoisotopic (exact) mass is 239 g/mol. The Bertz CT molecular complexity index is 337. The maximum absolute atomic E-state index is 11.9. The van der Waals surface area contributed by atoms with Gasteiger partial charge in [0.05, 0.1) is 6.61 Å². The Balaban J connectivity index is 2.64. The summed E-state index contributed by atoms with van der Waals surface area (Å²) >= 11 is 1.67. The van der Waals surface area contributed by atoms with E-state index < -0.39 is 0 Å². The molecule has 1 aromatic carbocycles. The molecule has 16 heavy (non-hydrogen) atoms. The Morgan fingerprint density at radius 3 is 2.50 bits per heavy atom. The molecule has 1 amide bonds. The first-order valence-corrected chi connectivity index (χ1v) is 6.30. The molecule has 0 aromatic heterocycles. The van der Waals surface area contributed by atoms with E-state index in [1.165, 1.54) is 0 Å². The molecule has 0 radical (unpaired) electrons. The number of nitrogens with zero attached hydrogens (tertiary/aromatic N) is 1. The summed E-state index contributed by atoms with van der Waals surface area (Å²) in [7, 11) is 3.41. The molecule has 0 heterocycles. The molecule has 0 aliphatic carbocycles. The van der Waals surface area contributed by atoms with Crippen LogP contribution in [0.2, 0.25) is 0 Å². The topological polar surface area (TPSA) is 29.5 Å². The molecule has 3 nitrogen and oxygen atoms in total. The zero-order chi connectivity index (χ0) is 12.0. The van der Waals surface area contributed by atoms with E-state index in [-0.39, 0.29) is 5.91 Å². The summed E-state index contributed by atoms with van der Waals surface area (Å²) in [4.78, 5) is 14.7. The third-order valence-electron chi connectivity index (χ3n) is 2.31. The summed E-state index contributed by atoms with van der Waals surface area (Å²) in [6, 6.07) is 7.64. The van der Waals surface area contributed by atoms with E-state index in [0.717, 1.165) is 10.5 Å². The average Bonchev–Trinajstić information content (AvgIpc) is 2.35. The number of carbonyl (C=O) groups is 1. The minimum atomic E-state index is 0.0321. The number of ether oxygens (including phenoxy) is 1. The van der Waals surface area contributed by atoms with Gasteiger partial charge in [-0.15, -0.1) is 11.8 Å². The van der Waals surface area contributed by atoms with Crippen molar-refractivity contribution >= 4 is 17.7 Å². The van der Waals surface area contributed by atoms with Crippen LogP contribution in [-0.2, 0) is 4.74 Å². The minimum Gasteiger partial charge on any atom is -0.383 e. The van der Waals surface area contributed by atoms with Crippen LogP contribution < -0.4 is 0 Å². The maximum atomic E-state index is 11.9. The van der Waals surface area contributed by atoms with Gasteiger partial charge in [-0.25, -0.2) is 0 Å². The summed E-state index contributed by atoms with van der Waals surface area (Å²) in [6.07, 6.45) is 2.02. The molecule has 4 heteroatoms. The molecule has 0 bridgehead atoms. The van der Waals surface area contributed by atoms with Crippen molar-refractivity contribution in [2.75, 3.05) is 33.6 Å². The van der Waals surface area contributed by atoms with Gasteiger partial charge in [-0.3, -0.25) is 4.79 Å². The number of hydrogen-bond acceptors (Lipinski definition) is 3. The minimum absolute atomic E-state index is 0.0321. The Morgan fingerprint density at radius 2 is 2.00 bits per heavy atom. The molecule has 0 N–H and O–H groups in total. The van der Waals surface area contributed by atoms with Gasteiger partial charge in [0.2, 0.25) is 0 Å². The van der Waals surface area contributed by atoms with Crippen molar-refractivity contribution in [3.8, 4) is 0 Å². The second-order valence-corrected chi connectivity index (χ2v) is 4.33. The molecular formula is C12H17NO2S. The quantitative estimate of drug-likeness (QED) is 0.737. The van der Waals surface area contributed by atoms with E-state index in [1.807, 2.05) is 30.5 Å². The van der Waals surface area contributed by atoms with Gasteiger partial charge in [0, 0.05) is 31.2 Å². The fourth-order valence-electron chi connectivity index (χ4n) is 1.28. The van der Waals surface area contributed by atoms with Gasteiger partial charge in [-0.05, 0) is 30.5 Å². The maximum Gasteiger partial charge on any atom is 0.253 e. The van der Waals surface area contributed by atoms with Crippen molar-refractivity contribution in [2.45, 2.75) is 4.90 Å². The van der Waals surface area contributed by atoms with Crippen LogP contribution in [0.25, 0.3) is 0 Å². The van der Waals surface area contributed by atoms with Gasteiger partial charge in [0.1, 0.15) is 0 Å². The Kier molecular flexibility index (Phi) is 5.35. The molecule has 0 aliphatic heterocycles. The predicted octanol–water partition coefficient (Wildman–Crippen LogP) is 2.13. The molecule has 1 rings (SSSR count). The molecule has 0 saturated carbocycles. The van der Waals surface area contributed by atoms with Gasteiger partial charge >= 0.3 is 0 Å². The summed E-state index contributed by atoms with van der Waals surface area (Å²) in [5.41, 5.74) is 0.719. The zero-order valence-electron chi connectivity index (χ0n) is 9.90. The van der Waals surface area contributed by atoms with Gasteiger partial charge in [0.15, 0.2) is 0 Å². The van der Waals surface area contributed by atoms with Crippen LogP contribution in [0.15, 0.2) is 29.2 Å². The summed E-state index contributed by atoms with van der Waals surface area (Å²) in [6.45, 7) is 1.17. The third kappa shape index (κ3) is 3.54. The number of hydrogen-bond donors (Lipinski definition) is 0. The molecule has 0 atom stereocenters. The van der Waals surface area contributed by atoms with Crippen LogP contribution >= 0.6 is 11.8 Å².